The predicted molar refractivity (Wildman–Crippen MR) is 139 cm³/mol. The largest absolute Gasteiger partial charge is 0.493 e. The van der Waals surface area contributed by atoms with Gasteiger partial charge in [-0.05, 0) is 55.5 Å². The molecule has 1 amide bonds. The van der Waals surface area contributed by atoms with Gasteiger partial charge in [0.25, 0.3) is 5.91 Å². The Kier molecular flexibility index (Phi) is 7.34. The molecule has 0 bridgehead atoms. The molecule has 0 saturated carbocycles. The minimum absolute atomic E-state index is 0.0180. The van der Waals surface area contributed by atoms with Crippen molar-refractivity contribution < 1.29 is 19.0 Å². The monoisotopic (exact) mass is 503 g/mol. The number of hydrogen-bond donors (Lipinski definition) is 0. The Bertz CT molecular complexity index is 1300. The molecule has 2 aromatic heterocycles. The van der Waals surface area contributed by atoms with Crippen molar-refractivity contribution in [2.75, 3.05) is 20.3 Å². The lowest BCUT2D eigenvalue weighted by atomic mass is 10.2. The zero-order valence-corrected chi connectivity index (χ0v) is 21.2. The number of benzene rings is 2. The highest BCUT2D eigenvalue weighted by Crippen LogP contribution is 2.36. The van der Waals surface area contributed by atoms with E-state index in [-0.39, 0.29) is 12.0 Å². The van der Waals surface area contributed by atoms with Crippen LogP contribution in [0.2, 0.25) is 0 Å². The van der Waals surface area contributed by atoms with Gasteiger partial charge < -0.3 is 19.1 Å². The van der Waals surface area contributed by atoms with E-state index in [9.17, 15) is 4.79 Å². The van der Waals surface area contributed by atoms with Crippen LogP contribution in [0.4, 0.5) is 0 Å². The maximum absolute atomic E-state index is 13.5. The van der Waals surface area contributed by atoms with Gasteiger partial charge in [0.1, 0.15) is 0 Å². The van der Waals surface area contributed by atoms with E-state index in [4.69, 9.17) is 19.3 Å². The number of aryl methyl sites for hydroxylation is 1. The number of para-hydroxylation sites is 3. The molecule has 1 saturated heterocycles. The van der Waals surface area contributed by atoms with Crippen molar-refractivity contribution in [3.8, 4) is 23.1 Å². The second kappa shape index (κ2) is 11.0. The van der Waals surface area contributed by atoms with Crippen LogP contribution in [0.5, 0.6) is 17.4 Å². The van der Waals surface area contributed by atoms with Gasteiger partial charge in [-0.3, -0.25) is 4.79 Å². The molecular formula is C28H29N3O4S. The maximum atomic E-state index is 13.5. The molecule has 0 N–H and O–H groups in total. The van der Waals surface area contributed by atoms with Crippen LogP contribution < -0.4 is 9.47 Å². The fourth-order valence-corrected chi connectivity index (χ4v) is 5.07. The quantitative estimate of drug-likeness (QED) is 0.286. The Balaban J connectivity index is 1.56. The molecule has 2 aromatic carbocycles. The Hall–Kier alpha value is -3.62. The summed E-state index contributed by atoms with van der Waals surface area (Å²) in [5.41, 5.74) is 2.50. The third-order valence-corrected chi connectivity index (χ3v) is 7.09. The van der Waals surface area contributed by atoms with Gasteiger partial charge in [0.05, 0.1) is 41.6 Å². The normalized spacial score (nSPS) is 15.1. The molecule has 7 nitrogen and oxygen atoms in total. The number of aromatic nitrogens is 2. The van der Waals surface area contributed by atoms with E-state index in [0.717, 1.165) is 36.4 Å². The average Bonchev–Trinajstić information content (AvgIpc) is 3.68. The molecular weight excluding hydrogens is 474 g/mol. The van der Waals surface area contributed by atoms with Gasteiger partial charge >= 0.3 is 0 Å². The van der Waals surface area contributed by atoms with Crippen LogP contribution in [-0.4, -0.2) is 47.0 Å². The summed E-state index contributed by atoms with van der Waals surface area (Å²) >= 11 is 1.45. The molecule has 36 heavy (non-hydrogen) atoms. The molecule has 1 unspecified atom stereocenters. The van der Waals surface area contributed by atoms with Crippen molar-refractivity contribution in [3.05, 3.63) is 88.2 Å². The summed E-state index contributed by atoms with van der Waals surface area (Å²) in [7, 11) is 1.62. The summed E-state index contributed by atoms with van der Waals surface area (Å²) < 4.78 is 19.7. The highest BCUT2D eigenvalue weighted by Gasteiger charge is 2.28. The third-order valence-electron chi connectivity index (χ3n) is 6.23. The Morgan fingerprint density at radius 3 is 2.58 bits per heavy atom. The lowest BCUT2D eigenvalue weighted by Crippen LogP contribution is -2.36. The molecule has 0 spiro atoms. The number of carbonyl (C=O) groups is 1. The van der Waals surface area contributed by atoms with E-state index in [1.54, 1.807) is 11.8 Å². The highest BCUT2D eigenvalue weighted by atomic mass is 32.1. The first kappa shape index (κ1) is 24.1. The van der Waals surface area contributed by atoms with Crippen LogP contribution in [0.25, 0.3) is 5.69 Å². The molecule has 1 fully saturated rings. The van der Waals surface area contributed by atoms with E-state index < -0.39 is 0 Å². The fourth-order valence-electron chi connectivity index (χ4n) is 4.38. The average molecular weight is 504 g/mol. The summed E-state index contributed by atoms with van der Waals surface area (Å²) in [6, 6.07) is 21.1. The van der Waals surface area contributed by atoms with Crippen LogP contribution in [0.3, 0.4) is 0 Å². The van der Waals surface area contributed by atoms with Crippen molar-refractivity contribution in [1.29, 1.82) is 0 Å². The van der Waals surface area contributed by atoms with Crippen LogP contribution in [-0.2, 0) is 11.3 Å². The topological polar surface area (TPSA) is 65.8 Å². The number of hydrogen-bond acceptors (Lipinski definition) is 6. The second-order valence-electron chi connectivity index (χ2n) is 8.67. The lowest BCUT2D eigenvalue weighted by Gasteiger charge is -2.25. The van der Waals surface area contributed by atoms with Crippen molar-refractivity contribution in [2.45, 2.75) is 32.4 Å². The summed E-state index contributed by atoms with van der Waals surface area (Å²) in [4.78, 5) is 16.1. The number of ether oxygens (including phenoxy) is 3. The Morgan fingerprint density at radius 2 is 1.89 bits per heavy atom. The second-order valence-corrected chi connectivity index (χ2v) is 9.62. The van der Waals surface area contributed by atoms with Crippen molar-refractivity contribution >= 4 is 17.2 Å². The van der Waals surface area contributed by atoms with E-state index in [2.05, 4.69) is 0 Å². The Labute approximate surface area is 214 Å². The molecule has 5 rings (SSSR count). The molecule has 4 aromatic rings. The van der Waals surface area contributed by atoms with Gasteiger partial charge in [-0.1, -0.05) is 36.4 Å². The van der Waals surface area contributed by atoms with E-state index in [1.165, 1.54) is 11.3 Å². The van der Waals surface area contributed by atoms with Crippen LogP contribution in [0.1, 0.15) is 33.8 Å². The predicted octanol–water partition coefficient (Wildman–Crippen LogP) is 5.86. The summed E-state index contributed by atoms with van der Waals surface area (Å²) in [6.07, 6.45) is 1.98. The Morgan fingerprint density at radius 1 is 1.11 bits per heavy atom. The first-order valence-corrected chi connectivity index (χ1v) is 12.9. The van der Waals surface area contributed by atoms with Crippen LogP contribution >= 0.6 is 11.3 Å². The lowest BCUT2D eigenvalue weighted by molar-refractivity contribution is 0.0509. The summed E-state index contributed by atoms with van der Waals surface area (Å²) in [6.45, 7) is 3.54. The number of nitrogens with zero attached hydrogens (tertiary/aromatic N) is 3. The molecule has 8 heteroatoms. The summed E-state index contributed by atoms with van der Waals surface area (Å²) in [5.74, 6) is 1.73. The van der Waals surface area contributed by atoms with Crippen molar-refractivity contribution in [3.63, 3.8) is 0 Å². The van der Waals surface area contributed by atoms with E-state index in [0.29, 0.717) is 35.3 Å². The SMILES string of the molecule is COc1ccccc1Oc1c(CN(CC2CCCO2)C(=O)c2cccs2)c(C)nn1-c1ccccc1. The van der Waals surface area contributed by atoms with Crippen molar-refractivity contribution in [2.24, 2.45) is 0 Å². The standard InChI is InChI=1S/C28H29N3O4S/c1-20-23(19-30(18-22-12-8-16-34-22)27(32)26-15-9-17-36-26)28(31(29-20)21-10-4-3-5-11-21)35-25-14-7-6-13-24(25)33-2/h3-7,9-11,13-15,17,22H,8,12,16,18-19H2,1-2H3. The minimum Gasteiger partial charge on any atom is -0.493 e. The maximum Gasteiger partial charge on any atom is 0.264 e. The smallest absolute Gasteiger partial charge is 0.264 e. The molecule has 0 radical (unpaired) electrons. The summed E-state index contributed by atoms with van der Waals surface area (Å²) in [5, 5.41) is 6.75. The number of rotatable bonds is 9. The highest BCUT2D eigenvalue weighted by molar-refractivity contribution is 7.12. The molecule has 1 aliphatic rings. The molecule has 0 aliphatic carbocycles. The first-order valence-electron chi connectivity index (χ1n) is 12.0. The van der Waals surface area contributed by atoms with Crippen molar-refractivity contribution in [1.82, 2.24) is 14.7 Å². The molecule has 3 heterocycles. The van der Waals surface area contributed by atoms with Crippen LogP contribution in [0.15, 0.2) is 72.1 Å². The molecule has 186 valence electrons. The third kappa shape index (κ3) is 5.15. The number of carbonyl (C=O) groups excluding carboxylic acids is 1. The van der Waals surface area contributed by atoms with Crippen LogP contribution in [0, 0.1) is 6.92 Å². The molecule has 1 atom stereocenters. The molecule has 1 aliphatic heterocycles. The minimum atomic E-state index is -0.0180. The van der Waals surface area contributed by atoms with Gasteiger partial charge in [0.2, 0.25) is 5.88 Å². The number of amides is 1. The first-order chi connectivity index (χ1) is 17.6. The number of thiophene rings is 1. The number of methoxy groups -OCH3 is 1. The van der Waals surface area contributed by atoms with Gasteiger partial charge in [0, 0.05) is 13.2 Å². The van der Waals surface area contributed by atoms with E-state index >= 15 is 0 Å². The fraction of sp³-hybridized carbons (Fsp3) is 0.286. The zero-order valence-electron chi connectivity index (χ0n) is 20.4. The van der Waals surface area contributed by atoms with Gasteiger partial charge in [-0.2, -0.15) is 5.10 Å². The zero-order chi connectivity index (χ0) is 24.9. The van der Waals surface area contributed by atoms with Gasteiger partial charge in [-0.15, -0.1) is 11.3 Å². The van der Waals surface area contributed by atoms with Gasteiger partial charge in [-0.25, -0.2) is 4.68 Å². The van der Waals surface area contributed by atoms with E-state index in [1.807, 2.05) is 83.9 Å². The van der Waals surface area contributed by atoms with Gasteiger partial charge in [0.15, 0.2) is 11.5 Å².